The summed E-state index contributed by atoms with van der Waals surface area (Å²) in [4.78, 5) is 0. The van der Waals surface area contributed by atoms with Crippen molar-refractivity contribution in [2.75, 3.05) is 0 Å². The molecule has 4 nitrogen and oxygen atoms in total. The number of alkyl halides is 2. The highest BCUT2D eigenvalue weighted by molar-refractivity contribution is 7.98. The van der Waals surface area contributed by atoms with Gasteiger partial charge in [0.1, 0.15) is 5.75 Å². The Bertz CT molecular complexity index is 1080. The molecule has 7 heteroatoms. The van der Waals surface area contributed by atoms with Crippen LogP contribution in [0.5, 0.6) is 5.75 Å². The van der Waals surface area contributed by atoms with E-state index in [-0.39, 0.29) is 5.75 Å². The zero-order valence-corrected chi connectivity index (χ0v) is 14.7. The quantitative estimate of drug-likeness (QED) is 0.459. The van der Waals surface area contributed by atoms with Crippen molar-refractivity contribution in [1.29, 1.82) is 0 Å². The fraction of sp³-hybridized carbons (Fsp3) is 0.158. The molecule has 0 aliphatic carbocycles. The van der Waals surface area contributed by atoms with Crippen LogP contribution in [0, 0.1) is 6.92 Å². The molecule has 0 bridgehead atoms. The number of benzene rings is 2. The van der Waals surface area contributed by atoms with Crippen LogP contribution in [0.15, 0.2) is 59.8 Å². The number of thioether (sulfide) groups is 1. The first kappa shape index (κ1) is 16.8. The molecule has 0 atom stereocenters. The van der Waals surface area contributed by atoms with E-state index in [9.17, 15) is 8.78 Å². The normalized spacial score (nSPS) is 11.5. The highest BCUT2D eigenvalue weighted by Crippen LogP contribution is 2.30. The minimum atomic E-state index is -2.85. The first-order chi connectivity index (χ1) is 12.6. The van der Waals surface area contributed by atoms with E-state index in [1.54, 1.807) is 24.3 Å². The molecule has 0 fully saturated rings. The Morgan fingerprint density at radius 1 is 1.08 bits per heavy atom. The SMILES string of the molecule is Cc1cc2nnc(SCc3ccccc3OC(F)F)n2c2ccccc12. The van der Waals surface area contributed by atoms with Gasteiger partial charge in [-0.05, 0) is 30.7 Å². The third-order valence-electron chi connectivity index (χ3n) is 4.12. The molecule has 0 spiro atoms. The van der Waals surface area contributed by atoms with Gasteiger partial charge < -0.3 is 4.74 Å². The van der Waals surface area contributed by atoms with Crippen molar-refractivity contribution >= 4 is 28.3 Å². The fourth-order valence-electron chi connectivity index (χ4n) is 2.94. The predicted octanol–water partition coefficient (Wildman–Crippen LogP) is 5.08. The zero-order valence-electron chi connectivity index (χ0n) is 13.9. The number of fused-ring (bicyclic) bond motifs is 3. The van der Waals surface area contributed by atoms with Crippen LogP contribution in [0.4, 0.5) is 8.78 Å². The maximum Gasteiger partial charge on any atom is 0.387 e. The monoisotopic (exact) mass is 371 g/mol. The summed E-state index contributed by atoms with van der Waals surface area (Å²) in [5.41, 5.74) is 3.60. The molecule has 0 radical (unpaired) electrons. The maximum absolute atomic E-state index is 12.6. The number of hydrogen-bond donors (Lipinski definition) is 0. The Kier molecular flexibility index (Phi) is 4.46. The highest BCUT2D eigenvalue weighted by Gasteiger charge is 2.14. The van der Waals surface area contributed by atoms with Gasteiger partial charge in [-0.2, -0.15) is 8.78 Å². The van der Waals surface area contributed by atoms with Crippen LogP contribution in [0.3, 0.4) is 0 Å². The van der Waals surface area contributed by atoms with Crippen molar-refractivity contribution in [3.8, 4) is 5.75 Å². The standard InChI is InChI=1S/C19H15F2N3OS/c1-12-10-17-22-23-19(24(17)15-8-4-3-7-14(12)15)26-11-13-6-2-5-9-16(13)25-18(20)21/h2-10,18H,11H2,1H3. The third-order valence-corrected chi connectivity index (χ3v) is 5.10. The minimum Gasteiger partial charge on any atom is -0.435 e. The Hall–Kier alpha value is -2.67. The summed E-state index contributed by atoms with van der Waals surface area (Å²) < 4.78 is 31.7. The van der Waals surface area contributed by atoms with Crippen LogP contribution in [-0.2, 0) is 5.75 Å². The molecule has 0 amide bonds. The number of aromatic nitrogens is 3. The Balaban J connectivity index is 1.70. The van der Waals surface area contributed by atoms with Gasteiger partial charge in [-0.25, -0.2) is 0 Å². The lowest BCUT2D eigenvalue weighted by molar-refractivity contribution is -0.0503. The van der Waals surface area contributed by atoms with Crippen LogP contribution in [-0.4, -0.2) is 21.2 Å². The van der Waals surface area contributed by atoms with E-state index in [1.165, 1.54) is 11.8 Å². The van der Waals surface area contributed by atoms with Crippen LogP contribution in [0.1, 0.15) is 11.1 Å². The molecule has 4 aromatic rings. The molecule has 0 aliphatic rings. The van der Waals surface area contributed by atoms with Crippen LogP contribution >= 0.6 is 11.8 Å². The van der Waals surface area contributed by atoms with E-state index < -0.39 is 6.61 Å². The molecule has 0 saturated carbocycles. The molecule has 0 N–H and O–H groups in total. The first-order valence-corrected chi connectivity index (χ1v) is 9.01. The molecule has 0 saturated heterocycles. The smallest absolute Gasteiger partial charge is 0.387 e. The Morgan fingerprint density at radius 3 is 2.69 bits per heavy atom. The van der Waals surface area contributed by atoms with Crippen molar-refractivity contribution in [3.63, 3.8) is 0 Å². The molecule has 2 aromatic heterocycles. The molecular weight excluding hydrogens is 356 g/mol. The predicted molar refractivity (Wildman–Crippen MR) is 97.9 cm³/mol. The van der Waals surface area contributed by atoms with Gasteiger partial charge >= 0.3 is 6.61 Å². The largest absolute Gasteiger partial charge is 0.435 e. The highest BCUT2D eigenvalue weighted by atomic mass is 32.2. The summed E-state index contributed by atoms with van der Waals surface area (Å²) in [5.74, 6) is 0.635. The molecule has 2 aromatic carbocycles. The lowest BCUT2D eigenvalue weighted by Gasteiger charge is -2.10. The van der Waals surface area contributed by atoms with Gasteiger partial charge in [0.15, 0.2) is 10.8 Å². The van der Waals surface area contributed by atoms with Crippen molar-refractivity contribution in [1.82, 2.24) is 14.6 Å². The van der Waals surface area contributed by atoms with Crippen molar-refractivity contribution in [2.24, 2.45) is 0 Å². The second-order valence-electron chi connectivity index (χ2n) is 5.80. The average molecular weight is 371 g/mol. The van der Waals surface area contributed by atoms with Gasteiger partial charge in [0, 0.05) is 16.7 Å². The summed E-state index contributed by atoms with van der Waals surface area (Å²) in [6.45, 7) is -0.802. The van der Waals surface area contributed by atoms with Gasteiger partial charge in [0.2, 0.25) is 0 Å². The number of rotatable bonds is 5. The van der Waals surface area contributed by atoms with Gasteiger partial charge in [-0.1, -0.05) is 48.2 Å². The van der Waals surface area contributed by atoms with E-state index in [0.717, 1.165) is 22.1 Å². The molecule has 0 unspecified atom stereocenters. The van der Waals surface area contributed by atoms with Gasteiger partial charge in [0.05, 0.1) is 5.52 Å². The Labute approximate surface area is 152 Å². The van der Waals surface area contributed by atoms with Crippen molar-refractivity contribution in [2.45, 2.75) is 24.4 Å². The lowest BCUT2D eigenvalue weighted by Crippen LogP contribution is -2.04. The molecule has 0 aliphatic heterocycles. The summed E-state index contributed by atoms with van der Waals surface area (Å²) in [5, 5.41) is 10.4. The molecular formula is C19H15F2N3OS. The van der Waals surface area contributed by atoms with Crippen LogP contribution < -0.4 is 4.74 Å². The summed E-state index contributed by atoms with van der Waals surface area (Å²) in [6, 6.07) is 16.8. The Morgan fingerprint density at radius 2 is 1.85 bits per heavy atom. The first-order valence-electron chi connectivity index (χ1n) is 8.02. The van der Waals surface area contributed by atoms with Gasteiger partial charge in [0.25, 0.3) is 0 Å². The number of hydrogen-bond acceptors (Lipinski definition) is 4. The van der Waals surface area contributed by atoms with E-state index in [2.05, 4.69) is 21.0 Å². The molecule has 2 heterocycles. The number of aryl methyl sites for hydroxylation is 1. The number of nitrogens with zero attached hydrogens (tertiary/aromatic N) is 3. The van der Waals surface area contributed by atoms with Crippen LogP contribution in [0.2, 0.25) is 0 Å². The minimum absolute atomic E-state index is 0.185. The third kappa shape index (κ3) is 3.10. The summed E-state index contributed by atoms with van der Waals surface area (Å²) >= 11 is 1.44. The lowest BCUT2D eigenvalue weighted by atomic mass is 10.1. The van der Waals surface area contributed by atoms with E-state index in [0.29, 0.717) is 16.5 Å². The maximum atomic E-state index is 12.6. The summed E-state index contributed by atoms with van der Waals surface area (Å²) in [6.07, 6.45) is 0. The van der Waals surface area contributed by atoms with Crippen molar-refractivity contribution in [3.05, 3.63) is 65.7 Å². The topological polar surface area (TPSA) is 39.4 Å². The number of ether oxygens (including phenoxy) is 1. The molecule has 4 rings (SSSR count). The number of halogens is 2. The zero-order chi connectivity index (χ0) is 18.1. The number of pyridine rings is 1. The fourth-order valence-corrected chi connectivity index (χ4v) is 3.89. The van der Waals surface area contributed by atoms with E-state index >= 15 is 0 Å². The average Bonchev–Trinajstić information content (AvgIpc) is 3.04. The second-order valence-corrected chi connectivity index (χ2v) is 6.74. The molecule has 26 heavy (non-hydrogen) atoms. The van der Waals surface area contributed by atoms with E-state index in [1.807, 2.05) is 35.6 Å². The second kappa shape index (κ2) is 6.92. The molecule has 132 valence electrons. The summed E-state index contributed by atoms with van der Waals surface area (Å²) in [7, 11) is 0. The van der Waals surface area contributed by atoms with E-state index in [4.69, 9.17) is 0 Å². The number of para-hydroxylation sites is 2. The van der Waals surface area contributed by atoms with Crippen molar-refractivity contribution < 1.29 is 13.5 Å². The van der Waals surface area contributed by atoms with Crippen LogP contribution in [0.25, 0.3) is 16.6 Å². The van der Waals surface area contributed by atoms with Gasteiger partial charge in [-0.3, -0.25) is 4.40 Å². The van der Waals surface area contributed by atoms with Gasteiger partial charge in [-0.15, -0.1) is 10.2 Å².